The first-order chi connectivity index (χ1) is 12.0. The van der Waals surface area contributed by atoms with Gasteiger partial charge in [-0.15, -0.1) is 0 Å². The van der Waals surface area contributed by atoms with Crippen LogP contribution in [0.25, 0.3) is 22.7 Å². The number of nitrogens with zero attached hydrogens (tertiary/aromatic N) is 3. The normalized spacial score (nSPS) is 14.6. The maximum absolute atomic E-state index is 12.4. The number of fused-ring (bicyclic) bond motifs is 2. The van der Waals surface area contributed by atoms with Gasteiger partial charge in [0.1, 0.15) is 11.6 Å². The van der Waals surface area contributed by atoms with Gasteiger partial charge in [-0.3, -0.25) is 9.59 Å². The van der Waals surface area contributed by atoms with E-state index in [0.29, 0.717) is 28.5 Å². The van der Waals surface area contributed by atoms with E-state index in [1.165, 1.54) is 13.1 Å². The number of imidazole rings is 1. The van der Waals surface area contributed by atoms with Crippen LogP contribution in [-0.4, -0.2) is 26.3 Å². The first kappa shape index (κ1) is 15.1. The topological polar surface area (TPSA) is 88.9 Å². The van der Waals surface area contributed by atoms with Crippen molar-refractivity contribution in [2.45, 2.75) is 6.92 Å². The van der Waals surface area contributed by atoms with Crippen molar-refractivity contribution in [3.63, 3.8) is 0 Å². The standard InChI is InChI=1S/C18H15N5O2/c1-10(24)20-11-7-12-13(18(25)22-17(12)19-9-11)8-16-21-14-5-3-4-6-15(14)23(16)2/h3-9H,1-2H3,(H,20,24)(H,19,22,25). The van der Waals surface area contributed by atoms with Crippen molar-refractivity contribution in [1.29, 1.82) is 0 Å². The lowest BCUT2D eigenvalue weighted by atomic mass is 10.1. The number of benzene rings is 1. The maximum Gasteiger partial charge on any atom is 0.257 e. The predicted octanol–water partition coefficient (Wildman–Crippen LogP) is 2.42. The lowest BCUT2D eigenvalue weighted by Gasteiger charge is -2.04. The van der Waals surface area contributed by atoms with Crippen LogP contribution in [0.4, 0.5) is 11.5 Å². The van der Waals surface area contributed by atoms with E-state index in [1.807, 2.05) is 35.9 Å². The molecular weight excluding hydrogens is 318 g/mol. The monoisotopic (exact) mass is 333 g/mol. The van der Waals surface area contributed by atoms with Crippen LogP contribution in [0.2, 0.25) is 0 Å². The van der Waals surface area contributed by atoms with Gasteiger partial charge in [0.05, 0.1) is 28.5 Å². The smallest absolute Gasteiger partial charge is 0.257 e. The number of hydrogen-bond donors (Lipinski definition) is 2. The lowest BCUT2D eigenvalue weighted by Crippen LogP contribution is -2.06. The number of aryl methyl sites for hydroxylation is 1. The Labute approximate surface area is 143 Å². The second kappa shape index (κ2) is 5.55. The van der Waals surface area contributed by atoms with Gasteiger partial charge < -0.3 is 15.2 Å². The Hall–Kier alpha value is -3.48. The summed E-state index contributed by atoms with van der Waals surface area (Å²) in [7, 11) is 1.90. The highest BCUT2D eigenvalue weighted by Gasteiger charge is 2.26. The summed E-state index contributed by atoms with van der Waals surface area (Å²) >= 11 is 0. The number of hydrogen-bond acceptors (Lipinski definition) is 4. The molecule has 4 rings (SSSR count). The zero-order valence-corrected chi connectivity index (χ0v) is 13.7. The van der Waals surface area contributed by atoms with Crippen LogP contribution in [0.3, 0.4) is 0 Å². The van der Waals surface area contributed by atoms with Crippen LogP contribution in [-0.2, 0) is 16.6 Å². The van der Waals surface area contributed by atoms with Gasteiger partial charge in [0, 0.05) is 19.5 Å². The van der Waals surface area contributed by atoms with Gasteiger partial charge in [-0.2, -0.15) is 0 Å². The van der Waals surface area contributed by atoms with Gasteiger partial charge in [-0.1, -0.05) is 12.1 Å². The molecule has 7 heteroatoms. The van der Waals surface area contributed by atoms with Crippen LogP contribution in [0, 0.1) is 0 Å². The number of anilines is 2. The molecule has 25 heavy (non-hydrogen) atoms. The molecule has 7 nitrogen and oxygen atoms in total. The van der Waals surface area contributed by atoms with E-state index in [1.54, 1.807) is 12.1 Å². The van der Waals surface area contributed by atoms with Gasteiger partial charge in [-0.05, 0) is 24.3 Å². The van der Waals surface area contributed by atoms with E-state index in [2.05, 4.69) is 20.6 Å². The van der Waals surface area contributed by atoms with Crippen molar-refractivity contribution in [2.75, 3.05) is 10.6 Å². The van der Waals surface area contributed by atoms with Crippen molar-refractivity contribution in [2.24, 2.45) is 7.05 Å². The summed E-state index contributed by atoms with van der Waals surface area (Å²) < 4.78 is 1.93. The second-order valence-corrected chi connectivity index (χ2v) is 5.83. The van der Waals surface area contributed by atoms with Crippen molar-refractivity contribution in [3.05, 3.63) is 47.9 Å². The van der Waals surface area contributed by atoms with E-state index < -0.39 is 0 Å². The number of amides is 2. The van der Waals surface area contributed by atoms with Crippen LogP contribution in [0.1, 0.15) is 18.3 Å². The van der Waals surface area contributed by atoms with Crippen LogP contribution in [0.5, 0.6) is 0 Å². The number of nitrogens with one attached hydrogen (secondary N) is 2. The van der Waals surface area contributed by atoms with Gasteiger partial charge in [0.15, 0.2) is 0 Å². The zero-order chi connectivity index (χ0) is 17.6. The molecule has 0 atom stereocenters. The molecule has 1 aliphatic rings. The zero-order valence-electron chi connectivity index (χ0n) is 13.7. The fraction of sp³-hybridized carbons (Fsp3) is 0.111. The van der Waals surface area contributed by atoms with Crippen molar-refractivity contribution < 1.29 is 9.59 Å². The second-order valence-electron chi connectivity index (χ2n) is 5.83. The van der Waals surface area contributed by atoms with Crippen LogP contribution < -0.4 is 10.6 Å². The predicted molar refractivity (Wildman–Crippen MR) is 95.8 cm³/mol. The van der Waals surface area contributed by atoms with E-state index >= 15 is 0 Å². The molecule has 2 N–H and O–H groups in total. The third-order valence-electron chi connectivity index (χ3n) is 4.07. The summed E-state index contributed by atoms with van der Waals surface area (Å²) in [5.41, 5.74) is 3.49. The fourth-order valence-electron chi connectivity index (χ4n) is 2.90. The fourth-order valence-corrected chi connectivity index (χ4v) is 2.90. The molecule has 0 unspecified atom stereocenters. The first-order valence-corrected chi connectivity index (χ1v) is 7.75. The van der Waals surface area contributed by atoms with Gasteiger partial charge in [0.2, 0.25) is 5.91 Å². The number of aromatic nitrogens is 3. The molecule has 2 amide bonds. The molecule has 3 aromatic rings. The summed E-state index contributed by atoms with van der Waals surface area (Å²) in [6.45, 7) is 1.42. The Kier molecular flexibility index (Phi) is 3.35. The van der Waals surface area contributed by atoms with Crippen LogP contribution in [0.15, 0.2) is 36.5 Å². The minimum atomic E-state index is -0.241. The molecule has 0 aliphatic carbocycles. The summed E-state index contributed by atoms with van der Waals surface area (Å²) in [5, 5.41) is 5.41. The molecule has 0 saturated carbocycles. The molecule has 1 aromatic carbocycles. The Morgan fingerprint density at radius 2 is 2.12 bits per heavy atom. The van der Waals surface area contributed by atoms with E-state index in [0.717, 1.165) is 11.0 Å². The molecule has 0 saturated heterocycles. The molecule has 0 fully saturated rings. The highest BCUT2D eigenvalue weighted by atomic mass is 16.2. The first-order valence-electron chi connectivity index (χ1n) is 7.75. The Balaban J connectivity index is 1.83. The molecule has 0 radical (unpaired) electrons. The molecule has 0 bridgehead atoms. The number of carbonyl (C=O) groups is 2. The summed E-state index contributed by atoms with van der Waals surface area (Å²) in [5.74, 6) is 0.711. The molecule has 3 heterocycles. The third-order valence-corrected chi connectivity index (χ3v) is 4.07. The van der Waals surface area contributed by atoms with E-state index in [-0.39, 0.29) is 11.8 Å². The maximum atomic E-state index is 12.4. The van der Waals surface area contributed by atoms with Crippen molar-refractivity contribution >= 4 is 46.0 Å². The average molecular weight is 333 g/mol. The summed E-state index contributed by atoms with van der Waals surface area (Å²) in [6.07, 6.45) is 3.25. The Bertz CT molecular complexity index is 1060. The van der Waals surface area contributed by atoms with Crippen molar-refractivity contribution in [1.82, 2.24) is 14.5 Å². The molecular formula is C18H15N5O2. The van der Waals surface area contributed by atoms with Crippen molar-refractivity contribution in [3.8, 4) is 0 Å². The molecule has 124 valence electrons. The van der Waals surface area contributed by atoms with Crippen LogP contribution >= 0.6 is 0 Å². The molecule has 1 aliphatic heterocycles. The highest BCUT2D eigenvalue weighted by molar-refractivity contribution is 6.34. The van der Waals surface area contributed by atoms with Gasteiger partial charge >= 0.3 is 0 Å². The number of para-hydroxylation sites is 2. The number of pyridine rings is 1. The SMILES string of the molecule is CC(=O)Nc1cnc2c(c1)C(=Cc1nc3ccccc3n1C)C(=O)N2. The molecule has 2 aromatic heterocycles. The Morgan fingerprint density at radius 1 is 1.32 bits per heavy atom. The van der Waals surface area contributed by atoms with Gasteiger partial charge in [0.25, 0.3) is 5.91 Å². The number of rotatable bonds is 2. The minimum absolute atomic E-state index is 0.195. The van der Waals surface area contributed by atoms with E-state index in [9.17, 15) is 9.59 Å². The Morgan fingerprint density at radius 3 is 2.88 bits per heavy atom. The average Bonchev–Trinajstić information content (AvgIpc) is 3.06. The minimum Gasteiger partial charge on any atom is -0.328 e. The van der Waals surface area contributed by atoms with E-state index in [4.69, 9.17) is 0 Å². The highest BCUT2D eigenvalue weighted by Crippen LogP contribution is 2.33. The largest absolute Gasteiger partial charge is 0.328 e. The molecule has 0 spiro atoms. The summed E-state index contributed by atoms with van der Waals surface area (Å²) in [4.78, 5) is 32.4. The van der Waals surface area contributed by atoms with Gasteiger partial charge in [-0.25, -0.2) is 9.97 Å². The number of carbonyl (C=O) groups excluding carboxylic acids is 2. The quantitative estimate of drug-likeness (QED) is 0.705. The summed E-state index contributed by atoms with van der Waals surface area (Å²) in [6, 6.07) is 9.51. The lowest BCUT2D eigenvalue weighted by molar-refractivity contribution is -0.114. The third kappa shape index (κ3) is 2.55.